The van der Waals surface area contributed by atoms with Crippen LogP contribution in [0.1, 0.15) is 25.5 Å². The number of piperazine rings is 1. The van der Waals surface area contributed by atoms with E-state index in [0.29, 0.717) is 49.1 Å². The molecule has 1 aliphatic rings. The van der Waals surface area contributed by atoms with Gasteiger partial charge < -0.3 is 19.5 Å². The third-order valence-electron chi connectivity index (χ3n) is 5.81. The molecule has 8 heteroatoms. The molecule has 0 radical (unpaired) electrons. The summed E-state index contributed by atoms with van der Waals surface area (Å²) < 4.78 is 6.85. The van der Waals surface area contributed by atoms with Gasteiger partial charge in [0, 0.05) is 53.7 Å². The number of halogens is 2. The molecule has 35 heavy (non-hydrogen) atoms. The van der Waals surface area contributed by atoms with Crippen molar-refractivity contribution in [3.05, 3.63) is 75.9 Å². The van der Waals surface area contributed by atoms with Crippen LogP contribution in [0.25, 0.3) is 17.4 Å². The molecule has 0 spiro atoms. The lowest BCUT2D eigenvalue weighted by molar-refractivity contribution is -0.131. The summed E-state index contributed by atoms with van der Waals surface area (Å²) in [6, 6.07) is 17.0. The number of nitrogens with zero attached hydrogens (tertiary/aromatic N) is 2. The van der Waals surface area contributed by atoms with Gasteiger partial charge >= 0.3 is 0 Å². The number of carbonyl (C=O) groups is 2. The van der Waals surface area contributed by atoms with Crippen molar-refractivity contribution in [2.45, 2.75) is 19.8 Å². The standard InChI is InChI=1S/C27H27BrClN3O3/c1-2-3-27(34)32-16-14-31(15-17-32)24-11-8-21(29)18-23(24)30-26(33)13-10-22-9-12-25(35-22)19-4-6-20(28)7-5-19/h4-13,18H,2-3,14-17H2,1H3,(H,30,33)/b13-10+. The average molecular weight is 557 g/mol. The highest BCUT2D eigenvalue weighted by molar-refractivity contribution is 9.10. The highest BCUT2D eigenvalue weighted by atomic mass is 79.9. The van der Waals surface area contributed by atoms with Gasteiger partial charge in [-0.1, -0.05) is 46.6 Å². The Labute approximate surface area is 218 Å². The van der Waals surface area contributed by atoms with Gasteiger partial charge in [-0.05, 0) is 55.0 Å². The van der Waals surface area contributed by atoms with Gasteiger partial charge in [0.05, 0.1) is 11.4 Å². The van der Waals surface area contributed by atoms with Gasteiger partial charge in [-0.3, -0.25) is 9.59 Å². The Kier molecular flexibility index (Phi) is 8.31. The van der Waals surface area contributed by atoms with Crippen LogP contribution in [-0.4, -0.2) is 42.9 Å². The molecule has 2 aromatic carbocycles. The van der Waals surface area contributed by atoms with E-state index in [1.54, 1.807) is 12.1 Å². The van der Waals surface area contributed by atoms with Gasteiger partial charge in [0.2, 0.25) is 11.8 Å². The maximum Gasteiger partial charge on any atom is 0.248 e. The molecule has 182 valence electrons. The molecule has 0 atom stereocenters. The third-order valence-corrected chi connectivity index (χ3v) is 6.57. The Hall–Kier alpha value is -3.03. The van der Waals surface area contributed by atoms with Crippen LogP contribution in [0.3, 0.4) is 0 Å². The quantitative estimate of drug-likeness (QED) is 0.339. The fraction of sp³-hybridized carbons (Fsp3) is 0.259. The molecule has 0 bridgehead atoms. The number of nitrogens with one attached hydrogen (secondary N) is 1. The second kappa shape index (κ2) is 11.6. The van der Waals surface area contributed by atoms with Crippen LogP contribution >= 0.6 is 27.5 Å². The molecule has 1 saturated heterocycles. The largest absolute Gasteiger partial charge is 0.457 e. The average Bonchev–Trinajstić information content (AvgIpc) is 3.33. The first-order valence-corrected chi connectivity index (χ1v) is 12.8. The first kappa shape index (κ1) is 25.1. The Balaban J connectivity index is 1.41. The summed E-state index contributed by atoms with van der Waals surface area (Å²) in [5.41, 5.74) is 2.47. The van der Waals surface area contributed by atoms with Crippen LogP contribution in [0.15, 0.2) is 69.6 Å². The summed E-state index contributed by atoms with van der Waals surface area (Å²) in [4.78, 5) is 29.0. The van der Waals surface area contributed by atoms with Crippen molar-refractivity contribution in [1.29, 1.82) is 0 Å². The molecule has 1 aromatic heterocycles. The summed E-state index contributed by atoms with van der Waals surface area (Å²) in [7, 11) is 0. The Morgan fingerprint density at radius 3 is 2.51 bits per heavy atom. The lowest BCUT2D eigenvalue weighted by Crippen LogP contribution is -2.48. The highest BCUT2D eigenvalue weighted by Crippen LogP contribution is 2.30. The maximum atomic E-state index is 12.7. The first-order chi connectivity index (χ1) is 16.9. The molecule has 0 aliphatic carbocycles. The molecule has 2 amide bonds. The van der Waals surface area contributed by atoms with Crippen molar-refractivity contribution in [2.24, 2.45) is 0 Å². The third kappa shape index (κ3) is 6.55. The smallest absolute Gasteiger partial charge is 0.248 e. The molecule has 1 N–H and O–H groups in total. The number of hydrogen-bond donors (Lipinski definition) is 1. The minimum atomic E-state index is -0.285. The van der Waals surface area contributed by atoms with E-state index >= 15 is 0 Å². The van der Waals surface area contributed by atoms with Gasteiger partial charge in [-0.2, -0.15) is 0 Å². The SMILES string of the molecule is CCCC(=O)N1CCN(c2ccc(Cl)cc2NC(=O)/C=C/c2ccc(-c3ccc(Br)cc3)o2)CC1. The summed E-state index contributed by atoms with van der Waals surface area (Å²) in [6.07, 6.45) is 4.51. The summed E-state index contributed by atoms with van der Waals surface area (Å²) in [6.45, 7) is 4.72. The van der Waals surface area contributed by atoms with Crippen LogP contribution < -0.4 is 10.2 Å². The van der Waals surface area contributed by atoms with E-state index in [0.717, 1.165) is 27.9 Å². The highest BCUT2D eigenvalue weighted by Gasteiger charge is 2.22. The topological polar surface area (TPSA) is 65.8 Å². The minimum Gasteiger partial charge on any atom is -0.457 e. The van der Waals surface area contributed by atoms with Crippen molar-refractivity contribution in [3.63, 3.8) is 0 Å². The van der Waals surface area contributed by atoms with Gasteiger partial charge in [-0.15, -0.1) is 0 Å². The number of benzene rings is 2. The van der Waals surface area contributed by atoms with Crippen molar-refractivity contribution in [2.75, 3.05) is 36.4 Å². The number of amides is 2. The van der Waals surface area contributed by atoms with Crippen LogP contribution in [0.5, 0.6) is 0 Å². The predicted molar refractivity (Wildman–Crippen MR) is 145 cm³/mol. The van der Waals surface area contributed by atoms with Crippen molar-refractivity contribution in [1.82, 2.24) is 4.90 Å². The number of anilines is 2. The van der Waals surface area contributed by atoms with Gasteiger partial charge in [0.25, 0.3) is 0 Å². The number of rotatable bonds is 7. The molecule has 2 heterocycles. The number of hydrogen-bond acceptors (Lipinski definition) is 4. The zero-order valence-electron chi connectivity index (χ0n) is 19.5. The second-order valence-electron chi connectivity index (χ2n) is 8.31. The normalized spacial score (nSPS) is 13.9. The Morgan fingerprint density at radius 2 is 1.80 bits per heavy atom. The van der Waals surface area contributed by atoms with E-state index in [-0.39, 0.29) is 11.8 Å². The van der Waals surface area contributed by atoms with Gasteiger partial charge in [0.15, 0.2) is 0 Å². The van der Waals surface area contributed by atoms with E-state index < -0.39 is 0 Å². The zero-order chi connectivity index (χ0) is 24.8. The molecule has 3 aromatic rings. The molecule has 4 rings (SSSR count). The maximum absolute atomic E-state index is 12.7. The van der Waals surface area contributed by atoms with E-state index in [1.165, 1.54) is 6.08 Å². The van der Waals surface area contributed by atoms with Crippen molar-refractivity contribution in [3.8, 4) is 11.3 Å². The first-order valence-electron chi connectivity index (χ1n) is 11.6. The van der Waals surface area contributed by atoms with Crippen LogP contribution in [0.4, 0.5) is 11.4 Å². The van der Waals surface area contributed by atoms with Crippen molar-refractivity contribution < 1.29 is 14.0 Å². The monoisotopic (exact) mass is 555 g/mol. The Morgan fingerprint density at radius 1 is 1.06 bits per heavy atom. The number of carbonyl (C=O) groups excluding carboxylic acids is 2. The van der Waals surface area contributed by atoms with Gasteiger partial charge in [0.1, 0.15) is 11.5 Å². The van der Waals surface area contributed by atoms with Crippen LogP contribution in [-0.2, 0) is 9.59 Å². The molecule has 0 saturated carbocycles. The molecular formula is C27H27BrClN3O3. The molecule has 6 nitrogen and oxygen atoms in total. The molecule has 1 aliphatic heterocycles. The molecule has 0 unspecified atom stereocenters. The number of furan rings is 1. The lowest BCUT2D eigenvalue weighted by Gasteiger charge is -2.37. The summed E-state index contributed by atoms with van der Waals surface area (Å²) in [5, 5.41) is 3.48. The molecular weight excluding hydrogens is 530 g/mol. The van der Waals surface area contributed by atoms with E-state index in [4.69, 9.17) is 16.0 Å². The zero-order valence-corrected chi connectivity index (χ0v) is 21.8. The summed E-state index contributed by atoms with van der Waals surface area (Å²) in [5.74, 6) is 1.22. The van der Waals surface area contributed by atoms with Crippen LogP contribution in [0, 0.1) is 0 Å². The minimum absolute atomic E-state index is 0.197. The van der Waals surface area contributed by atoms with Crippen LogP contribution in [0.2, 0.25) is 5.02 Å². The van der Waals surface area contributed by atoms with Gasteiger partial charge in [-0.25, -0.2) is 0 Å². The predicted octanol–water partition coefficient (Wildman–Crippen LogP) is 6.46. The molecule has 1 fully saturated rings. The van der Waals surface area contributed by atoms with E-state index in [9.17, 15) is 9.59 Å². The van der Waals surface area contributed by atoms with E-state index in [2.05, 4.69) is 26.1 Å². The summed E-state index contributed by atoms with van der Waals surface area (Å²) >= 11 is 9.65. The fourth-order valence-electron chi connectivity index (χ4n) is 4.00. The fourth-order valence-corrected chi connectivity index (χ4v) is 4.43. The lowest BCUT2D eigenvalue weighted by atomic mass is 10.2. The van der Waals surface area contributed by atoms with Crippen molar-refractivity contribution >= 4 is 56.8 Å². The Bertz CT molecular complexity index is 1210. The van der Waals surface area contributed by atoms with E-state index in [1.807, 2.05) is 60.4 Å². The second-order valence-corrected chi connectivity index (χ2v) is 9.66.